The van der Waals surface area contributed by atoms with Crippen LogP contribution in [-0.4, -0.2) is 96.6 Å². The van der Waals surface area contributed by atoms with Gasteiger partial charge in [-0.15, -0.1) is 0 Å². The molecule has 4 unspecified atom stereocenters. The lowest BCUT2D eigenvalue weighted by atomic mass is 9.80. The highest BCUT2D eigenvalue weighted by Crippen LogP contribution is 2.42. The number of halogens is 3. The molecule has 0 aliphatic carbocycles. The number of Topliss-reactive ketones (excluding diaryl/α,β-unsaturated/α-hetero) is 1. The molecule has 0 aromatic carbocycles. The lowest BCUT2D eigenvalue weighted by molar-refractivity contribution is -0.337. The number of ether oxygens (including phenoxy) is 8. The summed E-state index contributed by atoms with van der Waals surface area (Å²) in [4.78, 5) is 30.1. The number of nitrogens with one attached hydrogen (secondary N) is 1. The number of nitrogens with zero attached hydrogens (tertiary/aromatic N) is 6. The minimum absolute atomic E-state index is 0.0292. The second-order valence-electron chi connectivity index (χ2n) is 13.3. The van der Waals surface area contributed by atoms with Crippen LogP contribution in [-0.2, 0) is 47.5 Å². The van der Waals surface area contributed by atoms with E-state index < -0.39 is 82.8 Å². The van der Waals surface area contributed by atoms with Crippen LogP contribution in [0.1, 0.15) is 61.3 Å². The molecule has 0 aromatic heterocycles. The lowest BCUT2D eigenvalue weighted by Gasteiger charge is -2.50. The maximum Gasteiger partial charge on any atom is 0.298 e. The Morgan fingerprint density at radius 2 is 1.46 bits per heavy atom. The van der Waals surface area contributed by atoms with Gasteiger partial charge in [0.1, 0.15) is 24.5 Å². The Hall–Kier alpha value is -2.40. The summed E-state index contributed by atoms with van der Waals surface area (Å²) in [5.74, 6) is -2.78. The second-order valence-corrected chi connectivity index (χ2v) is 15.6. The van der Waals surface area contributed by atoms with E-state index in [9.17, 15) is 20.7 Å². The van der Waals surface area contributed by atoms with Crippen LogP contribution in [0, 0.1) is 35.0 Å². The van der Waals surface area contributed by atoms with Gasteiger partial charge in [-0.25, -0.2) is 0 Å². The van der Waals surface area contributed by atoms with Crippen LogP contribution < -0.4 is 0 Å². The van der Waals surface area contributed by atoms with Gasteiger partial charge in [0.25, 0.3) is 10.3 Å². The van der Waals surface area contributed by atoms with Crippen molar-refractivity contribution >= 4 is 53.0 Å². The van der Waals surface area contributed by atoms with Gasteiger partial charge in [0.2, 0.25) is 12.2 Å². The van der Waals surface area contributed by atoms with E-state index in [1.165, 1.54) is 6.92 Å². The first-order chi connectivity index (χ1) is 24.5. The van der Waals surface area contributed by atoms with Crippen molar-refractivity contribution in [3.63, 3.8) is 0 Å². The van der Waals surface area contributed by atoms with Crippen molar-refractivity contribution in [2.45, 2.75) is 127 Å². The summed E-state index contributed by atoms with van der Waals surface area (Å²) >= 11 is 17.5. The molecule has 15 atom stereocenters. The van der Waals surface area contributed by atoms with Gasteiger partial charge in [-0.05, 0) is 54.5 Å². The Balaban J connectivity index is 1.98. The summed E-state index contributed by atoms with van der Waals surface area (Å²) in [5, 5.41) is 15.9. The highest BCUT2D eigenvalue weighted by molar-refractivity contribution is 6.76. The van der Waals surface area contributed by atoms with Crippen LogP contribution in [0.2, 0.25) is 0 Å². The minimum atomic E-state index is -2.19. The fraction of sp³-hybridized carbons (Fsp3) is 0.844. The molecule has 3 aliphatic heterocycles. The Kier molecular flexibility index (Phi) is 16.7. The number of hydrogen-bond donors (Lipinski definition) is 1. The average Bonchev–Trinajstić information content (AvgIpc) is 3.08. The Morgan fingerprint density at radius 1 is 0.885 bits per heavy atom. The number of carbonyl (C=O) groups is 2. The lowest BCUT2D eigenvalue weighted by Crippen LogP contribution is -2.61. The third-order valence-corrected chi connectivity index (χ3v) is 10.6. The third-order valence-electron chi connectivity index (χ3n) is 10.1. The molecule has 292 valence electrons. The van der Waals surface area contributed by atoms with E-state index in [1.54, 1.807) is 6.92 Å². The molecule has 3 saturated heterocycles. The molecular weight excluding hydrogens is 749 g/mol. The van der Waals surface area contributed by atoms with E-state index in [0.29, 0.717) is 12.8 Å². The van der Waals surface area contributed by atoms with Crippen molar-refractivity contribution in [1.82, 2.24) is 0 Å². The SMILES string of the molecule is C=C(COC[C@@H]1C(O[C@@H]2C(CC)OC(OC(=N)C(Cl)(Cl)Cl)[C@@H](N=[N+]=[N-])[C@H]2C)O[C@@H](C(C)=O)[C@@H](O[C@H]2O[C@@H](CC)[C@@H](C)[C@H](C)C2N=[N+]=[N-])[C@@H]1C)OC=O. The quantitative estimate of drug-likeness (QED) is 0.0247. The van der Waals surface area contributed by atoms with Crippen molar-refractivity contribution in [2.75, 3.05) is 13.2 Å². The molecule has 0 radical (unpaired) electrons. The smallest absolute Gasteiger partial charge is 0.298 e. The first kappa shape index (κ1) is 44.0. The Labute approximate surface area is 317 Å². The zero-order chi connectivity index (χ0) is 38.9. The molecule has 17 nitrogen and oxygen atoms in total. The topological polar surface area (TPSA) is 229 Å². The van der Waals surface area contributed by atoms with E-state index in [1.807, 2.05) is 34.6 Å². The maximum atomic E-state index is 13.3. The van der Waals surface area contributed by atoms with Crippen LogP contribution in [0.4, 0.5) is 0 Å². The van der Waals surface area contributed by atoms with Gasteiger partial charge < -0.3 is 37.9 Å². The largest absolute Gasteiger partial charge is 0.448 e. The summed E-state index contributed by atoms with van der Waals surface area (Å²) in [6.45, 7) is 16.5. The van der Waals surface area contributed by atoms with E-state index in [4.69, 9.17) is 78.1 Å². The molecule has 0 aromatic rings. The highest BCUT2D eigenvalue weighted by Gasteiger charge is 2.53. The van der Waals surface area contributed by atoms with E-state index >= 15 is 0 Å². The summed E-state index contributed by atoms with van der Waals surface area (Å²) in [5.41, 5.74) is 18.8. The fourth-order valence-electron chi connectivity index (χ4n) is 6.92. The van der Waals surface area contributed by atoms with Crippen LogP contribution in [0.25, 0.3) is 20.9 Å². The molecule has 3 heterocycles. The van der Waals surface area contributed by atoms with E-state index in [2.05, 4.69) is 26.6 Å². The van der Waals surface area contributed by atoms with Crippen molar-refractivity contribution in [1.29, 1.82) is 5.41 Å². The fourth-order valence-corrected chi connectivity index (χ4v) is 7.05. The summed E-state index contributed by atoms with van der Waals surface area (Å²) in [6, 6.07) is -1.72. The molecule has 52 heavy (non-hydrogen) atoms. The maximum absolute atomic E-state index is 13.3. The minimum Gasteiger partial charge on any atom is -0.448 e. The van der Waals surface area contributed by atoms with Crippen LogP contribution >= 0.6 is 34.8 Å². The summed E-state index contributed by atoms with van der Waals surface area (Å²) in [7, 11) is 0. The number of ketones is 1. The first-order valence-corrected chi connectivity index (χ1v) is 18.2. The number of hydrogen-bond acceptors (Lipinski definition) is 13. The monoisotopic (exact) mass is 795 g/mol. The van der Waals surface area contributed by atoms with Gasteiger partial charge in [-0.1, -0.05) is 93.2 Å². The highest BCUT2D eigenvalue weighted by atomic mass is 35.6. The zero-order valence-corrected chi connectivity index (χ0v) is 32.4. The predicted octanol–water partition coefficient (Wildman–Crippen LogP) is 6.93. The van der Waals surface area contributed by atoms with Gasteiger partial charge in [0, 0.05) is 15.7 Å². The standard InChI is InChI=1S/C32H48Cl3N7O10/c1-9-21-15(4)16(5)23(39-41-37)29(47-21)50-26-17(6)20(12-45-11-14(3)46-13-43)28(51-27(26)19(8)44)49-25-18(7)24(40-42-38)30(48-22(25)10-2)52-31(36)32(33,34)35/h13,15-18,20-30,36H,3,9-12H2,1-2,4-8H3/t15-,16-,17+,18+,20-,21-,22?,23?,24-,25-,26-,27-,28?,29+,30?/m0/s1. The Bertz CT molecular complexity index is 1360. The molecule has 0 amide bonds. The normalized spacial score (nSPS) is 37.8. The average molecular weight is 797 g/mol. The van der Waals surface area contributed by atoms with Crippen molar-refractivity contribution in [3.8, 4) is 0 Å². The van der Waals surface area contributed by atoms with E-state index in [0.717, 1.165) is 0 Å². The number of carbonyl (C=O) groups excluding carboxylic acids is 2. The molecular formula is C32H48Cl3N7O10. The molecule has 3 rings (SSSR count). The van der Waals surface area contributed by atoms with Crippen LogP contribution in [0.15, 0.2) is 22.6 Å². The summed E-state index contributed by atoms with van der Waals surface area (Å²) < 4.78 is 46.2. The van der Waals surface area contributed by atoms with Gasteiger partial charge >= 0.3 is 0 Å². The first-order valence-electron chi connectivity index (χ1n) is 17.1. The van der Waals surface area contributed by atoms with Crippen molar-refractivity contribution in [2.24, 2.45) is 39.8 Å². The Morgan fingerprint density at radius 3 is 2.00 bits per heavy atom. The molecule has 3 fully saturated rings. The number of azide groups is 2. The molecule has 0 saturated carbocycles. The molecule has 1 N–H and O–H groups in total. The molecule has 0 bridgehead atoms. The summed E-state index contributed by atoms with van der Waals surface area (Å²) in [6.07, 6.45) is -6.04. The zero-order valence-electron chi connectivity index (χ0n) is 30.2. The van der Waals surface area contributed by atoms with Gasteiger partial charge in [0.05, 0.1) is 37.1 Å². The van der Waals surface area contributed by atoms with Crippen LogP contribution in [0.5, 0.6) is 0 Å². The molecule has 0 spiro atoms. The number of rotatable bonds is 16. The molecule has 20 heteroatoms. The van der Waals surface area contributed by atoms with Crippen LogP contribution in [0.3, 0.4) is 0 Å². The predicted molar refractivity (Wildman–Crippen MR) is 189 cm³/mol. The van der Waals surface area contributed by atoms with Crippen molar-refractivity contribution in [3.05, 3.63) is 33.2 Å². The van der Waals surface area contributed by atoms with Gasteiger partial charge in [0.15, 0.2) is 18.4 Å². The van der Waals surface area contributed by atoms with E-state index in [-0.39, 0.29) is 49.2 Å². The molecule has 3 aliphatic rings. The van der Waals surface area contributed by atoms with Gasteiger partial charge in [-0.2, -0.15) is 0 Å². The third kappa shape index (κ3) is 10.6. The van der Waals surface area contributed by atoms with Crippen molar-refractivity contribution < 1.29 is 47.5 Å². The second kappa shape index (κ2) is 19.8. The van der Waals surface area contributed by atoms with Gasteiger partial charge in [-0.3, -0.25) is 15.0 Å². The number of alkyl halides is 3.